The maximum absolute atomic E-state index is 12.9. The molecule has 3 nitrogen and oxygen atoms in total. The van der Waals surface area contributed by atoms with Crippen LogP contribution in [0.2, 0.25) is 0 Å². The molecule has 0 amide bonds. The first-order valence-electron chi connectivity index (χ1n) is 5.68. The van der Waals surface area contributed by atoms with Crippen molar-refractivity contribution in [3.8, 4) is 6.07 Å². The molecule has 0 saturated heterocycles. The molecule has 0 aliphatic carbocycles. The van der Waals surface area contributed by atoms with Crippen molar-refractivity contribution in [2.75, 3.05) is 0 Å². The summed E-state index contributed by atoms with van der Waals surface area (Å²) >= 11 is 0. The quantitative estimate of drug-likeness (QED) is 0.621. The van der Waals surface area contributed by atoms with E-state index in [2.05, 4.69) is 11.2 Å². The van der Waals surface area contributed by atoms with E-state index in [1.54, 1.807) is 30.3 Å². The molecule has 94 valence electrons. The standard InChI is InChI=1S/C15H11FN2O/c16-15-7-3-4-12(8-15)10-18-19-11-14-6-2-1-5-13(14)9-17/h1-8,10H,11H2/b18-10-. The Balaban J connectivity index is 1.95. The van der Waals surface area contributed by atoms with E-state index in [-0.39, 0.29) is 12.4 Å². The molecule has 0 aliphatic heterocycles. The molecule has 0 aromatic heterocycles. The summed E-state index contributed by atoms with van der Waals surface area (Å²) in [4.78, 5) is 5.10. The summed E-state index contributed by atoms with van der Waals surface area (Å²) in [6, 6.07) is 15.3. The molecule has 2 rings (SSSR count). The number of oxime groups is 1. The second-order valence-electron chi connectivity index (χ2n) is 3.83. The van der Waals surface area contributed by atoms with Crippen molar-refractivity contribution in [2.24, 2.45) is 5.16 Å². The van der Waals surface area contributed by atoms with Gasteiger partial charge in [-0.25, -0.2) is 4.39 Å². The third-order valence-electron chi connectivity index (χ3n) is 2.48. The second-order valence-corrected chi connectivity index (χ2v) is 3.83. The fourth-order valence-electron chi connectivity index (χ4n) is 1.55. The molecule has 0 atom stereocenters. The predicted molar refractivity (Wildman–Crippen MR) is 69.9 cm³/mol. The van der Waals surface area contributed by atoms with Gasteiger partial charge >= 0.3 is 0 Å². The van der Waals surface area contributed by atoms with E-state index in [9.17, 15) is 4.39 Å². The summed E-state index contributed by atoms with van der Waals surface area (Å²) in [6.45, 7) is 0.204. The van der Waals surface area contributed by atoms with Crippen LogP contribution in [-0.4, -0.2) is 6.21 Å². The molecule has 0 bridgehead atoms. The summed E-state index contributed by atoms with van der Waals surface area (Å²) in [5, 5.41) is 12.7. The van der Waals surface area contributed by atoms with Crippen LogP contribution in [0.4, 0.5) is 4.39 Å². The second kappa shape index (κ2) is 6.31. The molecule has 0 heterocycles. The third-order valence-corrected chi connectivity index (χ3v) is 2.48. The van der Waals surface area contributed by atoms with Crippen LogP contribution in [0.1, 0.15) is 16.7 Å². The van der Waals surface area contributed by atoms with Crippen LogP contribution in [0.5, 0.6) is 0 Å². The van der Waals surface area contributed by atoms with Gasteiger partial charge in [-0.05, 0) is 23.8 Å². The smallest absolute Gasteiger partial charge is 0.143 e. The van der Waals surface area contributed by atoms with Gasteiger partial charge < -0.3 is 4.84 Å². The highest BCUT2D eigenvalue weighted by molar-refractivity contribution is 5.78. The van der Waals surface area contributed by atoms with Gasteiger partial charge in [-0.2, -0.15) is 5.26 Å². The first kappa shape index (κ1) is 12.8. The number of nitriles is 1. The van der Waals surface area contributed by atoms with Crippen molar-refractivity contribution in [3.63, 3.8) is 0 Å². The zero-order valence-electron chi connectivity index (χ0n) is 10.1. The minimum Gasteiger partial charge on any atom is -0.391 e. The fourth-order valence-corrected chi connectivity index (χ4v) is 1.55. The van der Waals surface area contributed by atoms with Gasteiger partial charge in [-0.3, -0.25) is 0 Å². The summed E-state index contributed by atoms with van der Waals surface area (Å²) in [5.41, 5.74) is 1.94. The van der Waals surface area contributed by atoms with E-state index in [4.69, 9.17) is 10.1 Å². The van der Waals surface area contributed by atoms with Gasteiger partial charge in [-0.1, -0.05) is 35.5 Å². The van der Waals surface area contributed by atoms with Crippen molar-refractivity contribution < 1.29 is 9.23 Å². The maximum Gasteiger partial charge on any atom is 0.143 e. The maximum atomic E-state index is 12.9. The summed E-state index contributed by atoms with van der Waals surface area (Å²) in [5.74, 6) is -0.321. The van der Waals surface area contributed by atoms with Gasteiger partial charge in [0.1, 0.15) is 12.4 Å². The SMILES string of the molecule is N#Cc1ccccc1CO/N=C\c1cccc(F)c1. The monoisotopic (exact) mass is 254 g/mol. The Labute approximate surface area is 110 Å². The summed E-state index contributed by atoms with van der Waals surface area (Å²) in [6.07, 6.45) is 1.43. The van der Waals surface area contributed by atoms with E-state index >= 15 is 0 Å². The number of rotatable bonds is 4. The van der Waals surface area contributed by atoms with Gasteiger partial charge in [0.05, 0.1) is 17.8 Å². The molecule has 0 aliphatic rings. The lowest BCUT2D eigenvalue weighted by Gasteiger charge is -2.01. The zero-order valence-corrected chi connectivity index (χ0v) is 10.1. The molecule has 2 aromatic rings. The van der Waals surface area contributed by atoms with Gasteiger partial charge in [0.15, 0.2) is 0 Å². The van der Waals surface area contributed by atoms with Crippen molar-refractivity contribution in [1.82, 2.24) is 0 Å². The number of nitrogens with zero attached hydrogens (tertiary/aromatic N) is 2. The number of hydrogen-bond acceptors (Lipinski definition) is 3. The van der Waals surface area contributed by atoms with Gasteiger partial charge in [0, 0.05) is 5.56 Å². The topological polar surface area (TPSA) is 45.4 Å². The highest BCUT2D eigenvalue weighted by Crippen LogP contribution is 2.08. The highest BCUT2D eigenvalue weighted by Gasteiger charge is 2.00. The number of benzene rings is 2. The number of hydrogen-bond donors (Lipinski definition) is 0. The fraction of sp³-hybridized carbons (Fsp3) is 0.0667. The molecule has 0 spiro atoms. The van der Waals surface area contributed by atoms with Crippen molar-refractivity contribution in [1.29, 1.82) is 5.26 Å². The third kappa shape index (κ3) is 3.65. The average molecular weight is 254 g/mol. The average Bonchev–Trinajstić information content (AvgIpc) is 2.44. The molecule has 0 N–H and O–H groups in total. The predicted octanol–water partition coefficient (Wildman–Crippen LogP) is 3.25. The first-order chi connectivity index (χ1) is 9.29. The summed E-state index contributed by atoms with van der Waals surface area (Å²) in [7, 11) is 0. The van der Waals surface area contributed by atoms with Gasteiger partial charge in [0.2, 0.25) is 0 Å². The van der Waals surface area contributed by atoms with Crippen LogP contribution in [0, 0.1) is 17.1 Å². The molecule has 2 aromatic carbocycles. The molecular weight excluding hydrogens is 243 g/mol. The van der Waals surface area contributed by atoms with Crippen LogP contribution in [-0.2, 0) is 11.4 Å². The molecule has 4 heteroatoms. The molecule has 0 saturated carbocycles. The minimum absolute atomic E-state index is 0.204. The van der Waals surface area contributed by atoms with Crippen LogP contribution in [0.15, 0.2) is 53.7 Å². The minimum atomic E-state index is -0.321. The Kier molecular flexibility index (Phi) is 4.25. The van der Waals surface area contributed by atoms with E-state index in [0.29, 0.717) is 11.1 Å². The van der Waals surface area contributed by atoms with Gasteiger partial charge in [0.25, 0.3) is 0 Å². The van der Waals surface area contributed by atoms with Crippen molar-refractivity contribution in [3.05, 3.63) is 71.0 Å². The van der Waals surface area contributed by atoms with Crippen LogP contribution in [0.25, 0.3) is 0 Å². The lowest BCUT2D eigenvalue weighted by molar-refractivity contribution is 0.132. The molecule has 0 unspecified atom stereocenters. The van der Waals surface area contributed by atoms with E-state index in [1.165, 1.54) is 18.3 Å². The summed E-state index contributed by atoms with van der Waals surface area (Å²) < 4.78 is 12.9. The zero-order chi connectivity index (χ0) is 13.5. The first-order valence-corrected chi connectivity index (χ1v) is 5.68. The van der Waals surface area contributed by atoms with Crippen molar-refractivity contribution >= 4 is 6.21 Å². The van der Waals surface area contributed by atoms with Gasteiger partial charge in [-0.15, -0.1) is 0 Å². The van der Waals surface area contributed by atoms with E-state index < -0.39 is 0 Å². The molecular formula is C15H11FN2O. The lowest BCUT2D eigenvalue weighted by atomic mass is 10.1. The molecule has 19 heavy (non-hydrogen) atoms. The van der Waals surface area contributed by atoms with E-state index in [0.717, 1.165) is 5.56 Å². The number of halogens is 1. The Morgan fingerprint density at radius 3 is 2.84 bits per heavy atom. The Morgan fingerprint density at radius 1 is 1.21 bits per heavy atom. The van der Waals surface area contributed by atoms with E-state index in [1.807, 2.05) is 6.07 Å². The normalized spacial score (nSPS) is 10.3. The molecule has 0 fully saturated rings. The van der Waals surface area contributed by atoms with Crippen LogP contribution >= 0.6 is 0 Å². The Hall–Kier alpha value is -2.67. The molecule has 0 radical (unpaired) electrons. The Bertz CT molecular complexity index is 632. The van der Waals surface area contributed by atoms with Crippen LogP contribution < -0.4 is 0 Å². The largest absolute Gasteiger partial charge is 0.391 e. The Morgan fingerprint density at radius 2 is 2.05 bits per heavy atom. The van der Waals surface area contributed by atoms with Crippen LogP contribution in [0.3, 0.4) is 0 Å². The van der Waals surface area contributed by atoms with Crippen molar-refractivity contribution in [2.45, 2.75) is 6.61 Å². The lowest BCUT2D eigenvalue weighted by Crippen LogP contribution is -1.92. The highest BCUT2D eigenvalue weighted by atomic mass is 19.1.